The Bertz CT molecular complexity index is 608. The van der Waals surface area contributed by atoms with E-state index in [9.17, 15) is 13.6 Å². The number of aliphatic carboxylic acids is 1. The molecule has 0 unspecified atom stereocenters. The number of aromatic nitrogens is 2. The molecule has 1 aromatic carbocycles. The Morgan fingerprint density at radius 2 is 2.17 bits per heavy atom. The molecule has 0 saturated heterocycles. The van der Waals surface area contributed by atoms with Gasteiger partial charge in [-0.2, -0.15) is 5.10 Å². The van der Waals surface area contributed by atoms with Gasteiger partial charge in [-0.1, -0.05) is 0 Å². The summed E-state index contributed by atoms with van der Waals surface area (Å²) in [4.78, 5) is 10.6. The van der Waals surface area contributed by atoms with E-state index >= 15 is 0 Å². The standard InChI is InChI=1S/C12H10F2N2O2/c1-6-10(5-11(17)18)15-16-12(6)8-4-7(13)2-3-9(8)14/h2-4H,5H2,1H3,(H,15,16)(H,17,18). The van der Waals surface area contributed by atoms with Crippen LogP contribution in [0.3, 0.4) is 0 Å². The number of hydrogen-bond donors (Lipinski definition) is 2. The Labute approximate surface area is 101 Å². The third-order valence-corrected chi connectivity index (χ3v) is 2.62. The highest BCUT2D eigenvalue weighted by molar-refractivity contribution is 5.72. The summed E-state index contributed by atoms with van der Waals surface area (Å²) in [5, 5.41) is 15.1. The zero-order chi connectivity index (χ0) is 13.3. The first-order valence-corrected chi connectivity index (χ1v) is 5.20. The number of nitrogens with zero attached hydrogens (tertiary/aromatic N) is 1. The van der Waals surface area contributed by atoms with Crippen LogP contribution >= 0.6 is 0 Å². The fourth-order valence-corrected chi connectivity index (χ4v) is 1.70. The Hall–Kier alpha value is -2.24. The molecule has 4 nitrogen and oxygen atoms in total. The predicted molar refractivity (Wildman–Crippen MR) is 60.0 cm³/mol. The second kappa shape index (κ2) is 4.56. The Morgan fingerprint density at radius 1 is 1.44 bits per heavy atom. The number of hydrogen-bond acceptors (Lipinski definition) is 2. The van der Waals surface area contributed by atoms with Crippen molar-refractivity contribution in [3.05, 3.63) is 41.1 Å². The van der Waals surface area contributed by atoms with Gasteiger partial charge in [0.25, 0.3) is 0 Å². The molecule has 2 N–H and O–H groups in total. The molecule has 6 heteroatoms. The maximum Gasteiger partial charge on any atom is 0.309 e. The molecule has 0 atom stereocenters. The Balaban J connectivity index is 2.48. The smallest absolute Gasteiger partial charge is 0.309 e. The van der Waals surface area contributed by atoms with Crippen LogP contribution in [-0.4, -0.2) is 21.3 Å². The van der Waals surface area contributed by atoms with Crippen molar-refractivity contribution >= 4 is 5.97 Å². The van der Waals surface area contributed by atoms with E-state index in [0.717, 1.165) is 18.2 Å². The van der Waals surface area contributed by atoms with E-state index in [1.165, 1.54) is 0 Å². The molecule has 0 aliphatic carbocycles. The van der Waals surface area contributed by atoms with E-state index in [-0.39, 0.29) is 17.7 Å². The lowest BCUT2D eigenvalue weighted by Gasteiger charge is -2.01. The first-order chi connectivity index (χ1) is 8.49. The van der Waals surface area contributed by atoms with Crippen molar-refractivity contribution in [1.82, 2.24) is 10.2 Å². The van der Waals surface area contributed by atoms with Crippen molar-refractivity contribution < 1.29 is 18.7 Å². The number of nitrogens with one attached hydrogen (secondary N) is 1. The van der Waals surface area contributed by atoms with Gasteiger partial charge in [-0.05, 0) is 30.7 Å². The maximum atomic E-state index is 13.6. The number of H-pyrrole nitrogens is 1. The fourth-order valence-electron chi connectivity index (χ4n) is 1.70. The van der Waals surface area contributed by atoms with Crippen LogP contribution in [0.1, 0.15) is 11.3 Å². The van der Waals surface area contributed by atoms with Gasteiger partial charge in [0.15, 0.2) is 0 Å². The van der Waals surface area contributed by atoms with Gasteiger partial charge < -0.3 is 5.11 Å². The lowest BCUT2D eigenvalue weighted by molar-refractivity contribution is -0.136. The highest BCUT2D eigenvalue weighted by atomic mass is 19.1. The van der Waals surface area contributed by atoms with Gasteiger partial charge in [0.2, 0.25) is 0 Å². The SMILES string of the molecule is Cc1c(-c2cc(F)ccc2F)n[nH]c1CC(=O)O. The molecule has 0 fully saturated rings. The number of carboxylic acids is 1. The van der Waals surface area contributed by atoms with Crippen molar-refractivity contribution in [2.24, 2.45) is 0 Å². The van der Waals surface area contributed by atoms with E-state index in [1.807, 2.05) is 0 Å². The first-order valence-electron chi connectivity index (χ1n) is 5.20. The summed E-state index contributed by atoms with van der Waals surface area (Å²) >= 11 is 0. The molecule has 0 aliphatic heterocycles. The summed E-state index contributed by atoms with van der Waals surface area (Å²) in [5.41, 5.74) is 1.12. The largest absolute Gasteiger partial charge is 0.481 e. The summed E-state index contributed by atoms with van der Waals surface area (Å²) in [6, 6.07) is 3.05. The number of halogens is 2. The zero-order valence-electron chi connectivity index (χ0n) is 9.50. The van der Waals surface area contributed by atoms with Gasteiger partial charge in [-0.15, -0.1) is 0 Å². The van der Waals surface area contributed by atoms with E-state index in [1.54, 1.807) is 6.92 Å². The summed E-state index contributed by atoms with van der Waals surface area (Å²) in [5.74, 6) is -2.20. The molecule has 1 heterocycles. The second-order valence-corrected chi connectivity index (χ2v) is 3.87. The van der Waals surface area contributed by atoms with Gasteiger partial charge in [0.05, 0.1) is 12.1 Å². The average Bonchev–Trinajstić information content (AvgIpc) is 2.64. The lowest BCUT2D eigenvalue weighted by Crippen LogP contribution is -2.01. The highest BCUT2D eigenvalue weighted by Crippen LogP contribution is 2.26. The minimum atomic E-state index is -1.02. The highest BCUT2D eigenvalue weighted by Gasteiger charge is 2.16. The molecule has 0 saturated carbocycles. The Morgan fingerprint density at radius 3 is 2.83 bits per heavy atom. The topological polar surface area (TPSA) is 66.0 Å². The van der Waals surface area contributed by atoms with Crippen LogP contribution in [0.4, 0.5) is 8.78 Å². The van der Waals surface area contributed by atoms with Gasteiger partial charge in [-0.25, -0.2) is 8.78 Å². The molecule has 18 heavy (non-hydrogen) atoms. The van der Waals surface area contributed by atoms with Gasteiger partial charge in [-0.3, -0.25) is 9.89 Å². The van der Waals surface area contributed by atoms with Gasteiger partial charge in [0, 0.05) is 11.3 Å². The van der Waals surface area contributed by atoms with Crippen molar-refractivity contribution in [2.75, 3.05) is 0 Å². The molecule has 2 rings (SSSR count). The molecular formula is C12H10F2N2O2. The molecule has 0 amide bonds. The number of benzene rings is 1. The molecule has 1 aromatic heterocycles. The maximum absolute atomic E-state index is 13.6. The summed E-state index contributed by atoms with van der Waals surface area (Å²) in [7, 11) is 0. The van der Waals surface area contributed by atoms with Crippen LogP contribution in [0.15, 0.2) is 18.2 Å². The molecule has 0 aliphatic rings. The van der Waals surface area contributed by atoms with E-state index < -0.39 is 17.6 Å². The minimum absolute atomic E-state index is 0.0142. The fraction of sp³-hybridized carbons (Fsp3) is 0.167. The molecule has 0 spiro atoms. The van der Waals surface area contributed by atoms with Crippen molar-refractivity contribution in [3.8, 4) is 11.3 Å². The van der Waals surface area contributed by atoms with Gasteiger partial charge in [0.1, 0.15) is 11.6 Å². The van der Waals surface area contributed by atoms with E-state index in [2.05, 4.69) is 10.2 Å². The summed E-state index contributed by atoms with van der Waals surface area (Å²) in [6.45, 7) is 1.61. The van der Waals surface area contributed by atoms with Crippen LogP contribution in [0.25, 0.3) is 11.3 Å². The summed E-state index contributed by atoms with van der Waals surface area (Å²) < 4.78 is 26.7. The monoisotopic (exact) mass is 252 g/mol. The van der Waals surface area contributed by atoms with Crippen LogP contribution in [0.2, 0.25) is 0 Å². The number of aromatic amines is 1. The number of carbonyl (C=O) groups is 1. The average molecular weight is 252 g/mol. The third-order valence-electron chi connectivity index (χ3n) is 2.62. The third kappa shape index (κ3) is 2.22. The van der Waals surface area contributed by atoms with Crippen molar-refractivity contribution in [3.63, 3.8) is 0 Å². The second-order valence-electron chi connectivity index (χ2n) is 3.87. The molecule has 2 aromatic rings. The lowest BCUT2D eigenvalue weighted by atomic mass is 10.1. The molecule has 94 valence electrons. The molecule has 0 radical (unpaired) electrons. The van der Waals surface area contributed by atoms with E-state index in [4.69, 9.17) is 5.11 Å². The number of rotatable bonds is 3. The van der Waals surface area contributed by atoms with Gasteiger partial charge >= 0.3 is 5.97 Å². The normalized spacial score (nSPS) is 10.6. The first kappa shape index (κ1) is 12.2. The van der Waals surface area contributed by atoms with Crippen LogP contribution in [0, 0.1) is 18.6 Å². The molecular weight excluding hydrogens is 242 g/mol. The predicted octanol–water partition coefficient (Wildman–Crippen LogP) is 2.29. The Kier molecular flexibility index (Phi) is 3.10. The van der Waals surface area contributed by atoms with Crippen LogP contribution in [0.5, 0.6) is 0 Å². The minimum Gasteiger partial charge on any atom is -0.481 e. The number of carboxylic acid groups (broad SMARTS) is 1. The van der Waals surface area contributed by atoms with Crippen LogP contribution in [-0.2, 0) is 11.2 Å². The summed E-state index contributed by atoms with van der Waals surface area (Å²) in [6.07, 6.45) is -0.240. The zero-order valence-corrected chi connectivity index (χ0v) is 9.50. The van der Waals surface area contributed by atoms with E-state index in [0.29, 0.717) is 11.3 Å². The van der Waals surface area contributed by atoms with Crippen molar-refractivity contribution in [2.45, 2.75) is 13.3 Å². The van der Waals surface area contributed by atoms with Crippen LogP contribution < -0.4 is 0 Å². The van der Waals surface area contributed by atoms with Crippen molar-refractivity contribution in [1.29, 1.82) is 0 Å². The molecule has 0 bridgehead atoms. The quantitative estimate of drug-likeness (QED) is 0.880.